The largest absolute Gasteiger partial charge is 0.480 e. The van der Waals surface area contributed by atoms with E-state index >= 15 is 0 Å². The van der Waals surface area contributed by atoms with Crippen LogP contribution in [0.5, 0.6) is 0 Å². The number of nitrogens with one attached hydrogen (secondary N) is 1. The molecule has 0 radical (unpaired) electrons. The van der Waals surface area contributed by atoms with E-state index in [1.54, 1.807) is 31.2 Å². The predicted molar refractivity (Wildman–Crippen MR) is 94.6 cm³/mol. The first kappa shape index (κ1) is 23.2. The quantitative estimate of drug-likeness (QED) is 0.665. The van der Waals surface area contributed by atoms with Gasteiger partial charge in [-0.15, -0.1) is 0 Å². The third kappa shape index (κ3) is 6.23. The van der Waals surface area contributed by atoms with Crippen molar-refractivity contribution in [3.05, 3.63) is 70.3 Å². The summed E-state index contributed by atoms with van der Waals surface area (Å²) in [7, 11) is 0. The highest BCUT2D eigenvalue weighted by molar-refractivity contribution is 5.85. The highest BCUT2D eigenvalue weighted by Gasteiger charge is 2.37. The summed E-state index contributed by atoms with van der Waals surface area (Å²) in [5.74, 6) is -2.39. The van der Waals surface area contributed by atoms with Crippen LogP contribution in [-0.2, 0) is 34.8 Å². The van der Waals surface area contributed by atoms with Gasteiger partial charge in [-0.05, 0) is 41.8 Å². The minimum Gasteiger partial charge on any atom is -0.480 e. The molecule has 0 aliphatic rings. The Morgan fingerprint density at radius 2 is 1.50 bits per heavy atom. The maximum absolute atomic E-state index is 12.9. The topological polar surface area (TPSA) is 66.4 Å². The second-order valence-corrected chi connectivity index (χ2v) is 6.68. The number of aliphatic carboxylic acids is 1. The Morgan fingerprint density at radius 3 is 1.97 bits per heavy atom. The van der Waals surface area contributed by atoms with E-state index < -0.39 is 53.4 Å². The number of amides is 1. The summed E-state index contributed by atoms with van der Waals surface area (Å²) in [6, 6.07) is 6.23. The molecule has 162 valence electrons. The maximum Gasteiger partial charge on any atom is 0.416 e. The highest BCUT2D eigenvalue weighted by atomic mass is 19.4. The number of rotatable bonds is 6. The lowest BCUT2D eigenvalue weighted by Gasteiger charge is -2.17. The van der Waals surface area contributed by atoms with Crippen LogP contribution in [0, 0.1) is 6.92 Å². The zero-order valence-corrected chi connectivity index (χ0v) is 15.6. The van der Waals surface area contributed by atoms with E-state index in [1.807, 2.05) is 0 Å². The molecule has 0 saturated heterocycles. The number of aryl methyl sites for hydroxylation is 1. The number of carboxylic acids is 1. The van der Waals surface area contributed by atoms with Crippen molar-refractivity contribution in [3.63, 3.8) is 0 Å². The molecule has 1 amide bonds. The van der Waals surface area contributed by atoms with Crippen LogP contribution in [-0.4, -0.2) is 23.0 Å². The van der Waals surface area contributed by atoms with Crippen LogP contribution in [0.2, 0.25) is 0 Å². The van der Waals surface area contributed by atoms with Gasteiger partial charge >= 0.3 is 18.3 Å². The molecule has 0 spiro atoms. The first-order valence-electron chi connectivity index (χ1n) is 8.62. The lowest BCUT2D eigenvalue weighted by Crippen LogP contribution is -2.43. The van der Waals surface area contributed by atoms with E-state index in [4.69, 9.17) is 0 Å². The van der Waals surface area contributed by atoms with Gasteiger partial charge in [0, 0.05) is 6.42 Å². The van der Waals surface area contributed by atoms with Gasteiger partial charge in [0.25, 0.3) is 0 Å². The van der Waals surface area contributed by atoms with Crippen molar-refractivity contribution in [3.8, 4) is 0 Å². The maximum atomic E-state index is 12.9. The standard InChI is InChI=1S/C20H17F6NO3/c1-11-4-2-3-5-13(11)9-16(18(29)30)27-17(28)8-12-6-14(19(21,22)23)10-15(7-12)20(24,25)26/h2-7,10,16H,8-9H2,1H3,(H,27,28)(H,29,30)/t16-/m0/s1. The summed E-state index contributed by atoms with van der Waals surface area (Å²) in [6.45, 7) is 1.73. The molecule has 2 aromatic carbocycles. The number of alkyl halides is 6. The third-order valence-corrected chi connectivity index (χ3v) is 4.33. The predicted octanol–water partition coefficient (Wildman–Crippen LogP) is 4.39. The summed E-state index contributed by atoms with van der Waals surface area (Å²) < 4.78 is 77.5. The van der Waals surface area contributed by atoms with E-state index in [9.17, 15) is 41.0 Å². The molecule has 0 heterocycles. The van der Waals surface area contributed by atoms with Crippen LogP contribution in [0.4, 0.5) is 26.3 Å². The van der Waals surface area contributed by atoms with Crippen molar-refractivity contribution in [1.82, 2.24) is 5.32 Å². The van der Waals surface area contributed by atoms with Crippen LogP contribution >= 0.6 is 0 Å². The number of carboxylic acid groups (broad SMARTS) is 1. The molecule has 1 atom stereocenters. The zero-order chi connectivity index (χ0) is 22.7. The molecule has 4 nitrogen and oxygen atoms in total. The van der Waals surface area contributed by atoms with Crippen LogP contribution < -0.4 is 5.32 Å². The van der Waals surface area contributed by atoms with E-state index in [0.29, 0.717) is 17.7 Å². The zero-order valence-electron chi connectivity index (χ0n) is 15.6. The fourth-order valence-electron chi connectivity index (χ4n) is 2.81. The van der Waals surface area contributed by atoms with Gasteiger partial charge in [0.15, 0.2) is 0 Å². The fourth-order valence-corrected chi connectivity index (χ4v) is 2.81. The molecule has 0 aliphatic heterocycles. The number of hydrogen-bond acceptors (Lipinski definition) is 2. The van der Waals surface area contributed by atoms with Crippen molar-refractivity contribution in [2.75, 3.05) is 0 Å². The van der Waals surface area contributed by atoms with Crippen molar-refractivity contribution >= 4 is 11.9 Å². The summed E-state index contributed by atoms with van der Waals surface area (Å²) in [5.41, 5.74) is -2.23. The Balaban J connectivity index is 2.23. The Bertz CT molecular complexity index is 905. The van der Waals surface area contributed by atoms with Crippen LogP contribution in [0.15, 0.2) is 42.5 Å². The van der Waals surface area contributed by atoms with Gasteiger partial charge in [-0.2, -0.15) is 26.3 Å². The van der Waals surface area contributed by atoms with Gasteiger partial charge in [-0.1, -0.05) is 24.3 Å². The van der Waals surface area contributed by atoms with E-state index in [1.165, 1.54) is 0 Å². The molecule has 0 bridgehead atoms. The highest BCUT2D eigenvalue weighted by Crippen LogP contribution is 2.36. The number of hydrogen-bond donors (Lipinski definition) is 2. The Morgan fingerprint density at radius 1 is 0.967 bits per heavy atom. The fraction of sp³-hybridized carbons (Fsp3) is 0.300. The molecular formula is C20H17F6NO3. The van der Waals surface area contributed by atoms with Gasteiger partial charge in [0.1, 0.15) is 6.04 Å². The number of benzene rings is 2. The summed E-state index contributed by atoms with van der Waals surface area (Å²) in [6.07, 6.45) is -11.0. The molecule has 2 N–H and O–H groups in total. The molecule has 0 unspecified atom stereocenters. The van der Waals surface area contributed by atoms with Crippen LogP contribution in [0.25, 0.3) is 0 Å². The second-order valence-electron chi connectivity index (χ2n) is 6.68. The molecule has 10 heteroatoms. The summed E-state index contributed by atoms with van der Waals surface area (Å²) in [4.78, 5) is 23.6. The Labute approximate surface area is 167 Å². The average Bonchev–Trinajstić information content (AvgIpc) is 2.61. The lowest BCUT2D eigenvalue weighted by molar-refractivity contribution is -0.143. The van der Waals surface area contributed by atoms with E-state index in [0.717, 1.165) is 5.56 Å². The first-order chi connectivity index (χ1) is 13.8. The first-order valence-corrected chi connectivity index (χ1v) is 8.62. The molecule has 0 saturated carbocycles. The second kappa shape index (κ2) is 8.76. The molecule has 0 aromatic heterocycles. The number of carbonyl (C=O) groups excluding carboxylic acids is 1. The van der Waals surface area contributed by atoms with Gasteiger partial charge in [-0.25, -0.2) is 4.79 Å². The molecule has 2 aromatic rings. The van der Waals surface area contributed by atoms with Gasteiger partial charge in [-0.3, -0.25) is 4.79 Å². The van der Waals surface area contributed by atoms with Crippen molar-refractivity contribution in [1.29, 1.82) is 0 Å². The minimum atomic E-state index is -5.04. The third-order valence-electron chi connectivity index (χ3n) is 4.33. The van der Waals surface area contributed by atoms with Crippen molar-refractivity contribution in [2.24, 2.45) is 0 Å². The van der Waals surface area contributed by atoms with E-state index in [2.05, 4.69) is 5.32 Å². The SMILES string of the molecule is Cc1ccccc1C[C@H](NC(=O)Cc1cc(C(F)(F)F)cc(C(F)(F)F)c1)C(=O)O. The van der Waals surface area contributed by atoms with Crippen LogP contribution in [0.3, 0.4) is 0 Å². The number of carbonyl (C=O) groups is 2. The normalized spacial score (nSPS) is 13.0. The summed E-state index contributed by atoms with van der Waals surface area (Å²) in [5, 5.41) is 11.5. The summed E-state index contributed by atoms with van der Waals surface area (Å²) >= 11 is 0. The number of halogens is 6. The van der Waals surface area contributed by atoms with Gasteiger partial charge < -0.3 is 10.4 Å². The van der Waals surface area contributed by atoms with Crippen molar-refractivity contribution < 1.29 is 41.0 Å². The smallest absolute Gasteiger partial charge is 0.416 e. The molecule has 0 fully saturated rings. The van der Waals surface area contributed by atoms with Crippen LogP contribution in [0.1, 0.15) is 27.8 Å². The molecule has 0 aliphatic carbocycles. The van der Waals surface area contributed by atoms with Crippen molar-refractivity contribution in [2.45, 2.75) is 38.2 Å². The van der Waals surface area contributed by atoms with E-state index in [-0.39, 0.29) is 12.5 Å². The Hall–Kier alpha value is -3.04. The Kier molecular flexibility index (Phi) is 6.79. The van der Waals surface area contributed by atoms with Gasteiger partial charge in [0.05, 0.1) is 17.5 Å². The van der Waals surface area contributed by atoms with Gasteiger partial charge in [0.2, 0.25) is 5.91 Å². The molecular weight excluding hydrogens is 416 g/mol. The molecule has 30 heavy (non-hydrogen) atoms. The minimum absolute atomic E-state index is 0.0420. The molecule has 2 rings (SSSR count). The lowest BCUT2D eigenvalue weighted by atomic mass is 10.00. The monoisotopic (exact) mass is 433 g/mol. The average molecular weight is 433 g/mol.